The molecule has 3 aromatic rings. The van der Waals surface area contributed by atoms with E-state index in [-0.39, 0.29) is 0 Å². The second-order valence-electron chi connectivity index (χ2n) is 4.81. The molecule has 0 amide bonds. The number of hydrogen-bond acceptors (Lipinski definition) is 2. The number of benzene rings is 3. The molecule has 22 heavy (non-hydrogen) atoms. The molecule has 0 aliphatic carbocycles. The first-order valence-electron chi connectivity index (χ1n) is 6.67. The normalized spacial score (nSPS) is 10.4. The first-order chi connectivity index (χ1) is 10.7. The Morgan fingerprint density at radius 3 is 2.36 bits per heavy atom. The summed E-state index contributed by atoms with van der Waals surface area (Å²) in [6, 6.07) is 20.0. The summed E-state index contributed by atoms with van der Waals surface area (Å²) in [5, 5.41) is 11.4. The summed E-state index contributed by atoms with van der Waals surface area (Å²) >= 11 is 6.91. The lowest BCUT2D eigenvalue weighted by molar-refractivity contribution is 0.303. The van der Waals surface area contributed by atoms with E-state index >= 15 is 0 Å². The molecule has 0 heterocycles. The van der Waals surface area contributed by atoms with Crippen molar-refractivity contribution in [3.8, 4) is 11.8 Å². The van der Waals surface area contributed by atoms with Crippen molar-refractivity contribution in [2.24, 2.45) is 0 Å². The van der Waals surface area contributed by atoms with Crippen LogP contribution in [-0.2, 0) is 6.61 Å². The minimum atomic E-state index is 0.463. The Morgan fingerprint density at radius 1 is 0.955 bits per heavy atom. The average molecular weight is 417 g/mol. The van der Waals surface area contributed by atoms with Crippen LogP contribution in [0, 0.1) is 11.3 Å². The van der Waals surface area contributed by atoms with Gasteiger partial charge in [0.25, 0.3) is 0 Å². The van der Waals surface area contributed by atoms with Gasteiger partial charge in [-0.05, 0) is 60.3 Å². The fourth-order valence-electron chi connectivity index (χ4n) is 2.33. The summed E-state index contributed by atoms with van der Waals surface area (Å²) in [6.07, 6.45) is 0. The molecule has 3 aromatic carbocycles. The largest absolute Gasteiger partial charge is 0.487 e. The van der Waals surface area contributed by atoms with Gasteiger partial charge in [-0.25, -0.2) is 0 Å². The molecule has 0 atom stereocenters. The molecule has 0 radical (unpaired) electrons. The van der Waals surface area contributed by atoms with Crippen molar-refractivity contribution in [3.05, 3.63) is 74.7 Å². The van der Waals surface area contributed by atoms with Gasteiger partial charge < -0.3 is 4.74 Å². The Bertz CT molecular complexity index is 855. The summed E-state index contributed by atoms with van der Waals surface area (Å²) in [5.74, 6) is 0.701. The van der Waals surface area contributed by atoms with E-state index in [4.69, 9.17) is 10.00 Å². The van der Waals surface area contributed by atoms with Gasteiger partial charge in [0.15, 0.2) is 0 Å². The molecule has 0 aliphatic heterocycles. The number of nitrogens with zero attached hydrogens (tertiary/aromatic N) is 1. The molecule has 0 aromatic heterocycles. The van der Waals surface area contributed by atoms with E-state index in [1.165, 1.54) is 10.8 Å². The van der Waals surface area contributed by atoms with Gasteiger partial charge >= 0.3 is 0 Å². The van der Waals surface area contributed by atoms with Crippen LogP contribution in [-0.4, -0.2) is 0 Å². The van der Waals surface area contributed by atoms with Gasteiger partial charge in [-0.15, -0.1) is 0 Å². The summed E-state index contributed by atoms with van der Waals surface area (Å²) in [6.45, 7) is 0.463. The summed E-state index contributed by atoms with van der Waals surface area (Å²) in [4.78, 5) is 0. The fourth-order valence-corrected chi connectivity index (χ4v) is 3.75. The number of rotatable bonds is 3. The Morgan fingerprint density at radius 2 is 1.64 bits per heavy atom. The molecule has 0 aliphatic rings. The first kappa shape index (κ1) is 15.1. The number of nitriles is 1. The molecule has 2 nitrogen and oxygen atoms in total. The van der Waals surface area contributed by atoms with Crippen LogP contribution in [0.2, 0.25) is 0 Å². The van der Waals surface area contributed by atoms with Gasteiger partial charge in [-0.3, -0.25) is 0 Å². The molecule has 3 rings (SSSR count). The van der Waals surface area contributed by atoms with Crippen molar-refractivity contribution in [1.82, 2.24) is 0 Å². The van der Waals surface area contributed by atoms with Crippen molar-refractivity contribution in [1.29, 1.82) is 5.26 Å². The third-order valence-electron chi connectivity index (χ3n) is 3.38. The highest BCUT2D eigenvalue weighted by Crippen LogP contribution is 2.35. The molecular formula is C18H11Br2NO. The van der Waals surface area contributed by atoms with Crippen molar-refractivity contribution < 1.29 is 4.74 Å². The van der Waals surface area contributed by atoms with E-state index in [1.807, 2.05) is 18.2 Å². The molecule has 0 unspecified atom stereocenters. The number of hydrogen-bond donors (Lipinski definition) is 0. The van der Waals surface area contributed by atoms with E-state index in [0.29, 0.717) is 17.9 Å². The van der Waals surface area contributed by atoms with Crippen LogP contribution in [0.15, 0.2) is 63.5 Å². The van der Waals surface area contributed by atoms with Crippen LogP contribution in [0.4, 0.5) is 0 Å². The number of fused-ring (bicyclic) bond motifs is 1. The van der Waals surface area contributed by atoms with Crippen LogP contribution in [0.5, 0.6) is 5.75 Å². The van der Waals surface area contributed by atoms with Crippen LogP contribution in [0.3, 0.4) is 0 Å². The van der Waals surface area contributed by atoms with E-state index in [2.05, 4.69) is 62.2 Å². The zero-order valence-electron chi connectivity index (χ0n) is 11.5. The van der Waals surface area contributed by atoms with E-state index in [0.717, 1.165) is 14.5 Å². The lowest BCUT2D eigenvalue weighted by atomic mass is 10.1. The second kappa shape index (κ2) is 6.51. The fraction of sp³-hybridized carbons (Fsp3) is 0.0556. The van der Waals surface area contributed by atoms with Crippen molar-refractivity contribution in [3.63, 3.8) is 0 Å². The monoisotopic (exact) mass is 415 g/mol. The number of ether oxygens (including phenoxy) is 1. The minimum absolute atomic E-state index is 0.463. The lowest BCUT2D eigenvalue weighted by Gasteiger charge is -2.12. The minimum Gasteiger partial charge on any atom is -0.487 e. The van der Waals surface area contributed by atoms with Gasteiger partial charge in [0.1, 0.15) is 12.4 Å². The van der Waals surface area contributed by atoms with Gasteiger partial charge in [-0.1, -0.05) is 42.5 Å². The molecule has 0 spiro atoms. The molecule has 0 saturated carbocycles. The highest BCUT2D eigenvalue weighted by atomic mass is 79.9. The van der Waals surface area contributed by atoms with Crippen LogP contribution in [0.25, 0.3) is 10.8 Å². The number of halogens is 2. The molecule has 0 fully saturated rings. The smallest absolute Gasteiger partial charge is 0.148 e. The summed E-state index contributed by atoms with van der Waals surface area (Å²) in [5.41, 5.74) is 1.71. The van der Waals surface area contributed by atoms with Gasteiger partial charge in [0, 0.05) is 0 Å². The Balaban J connectivity index is 1.91. The third-order valence-corrected chi connectivity index (χ3v) is 4.56. The summed E-state index contributed by atoms with van der Waals surface area (Å²) in [7, 11) is 0. The molecule has 0 saturated heterocycles. The topological polar surface area (TPSA) is 33.0 Å². The van der Waals surface area contributed by atoms with Crippen molar-refractivity contribution >= 4 is 42.6 Å². The maximum atomic E-state index is 8.97. The first-order valence-corrected chi connectivity index (χ1v) is 8.26. The maximum Gasteiger partial charge on any atom is 0.148 e. The third kappa shape index (κ3) is 3.01. The summed E-state index contributed by atoms with van der Waals surface area (Å²) < 4.78 is 7.48. The van der Waals surface area contributed by atoms with Crippen molar-refractivity contribution in [2.75, 3.05) is 0 Å². The van der Waals surface area contributed by atoms with Crippen LogP contribution in [0.1, 0.15) is 11.1 Å². The van der Waals surface area contributed by atoms with E-state index in [1.54, 1.807) is 12.1 Å². The van der Waals surface area contributed by atoms with E-state index in [9.17, 15) is 0 Å². The predicted molar refractivity (Wildman–Crippen MR) is 94.8 cm³/mol. The van der Waals surface area contributed by atoms with Crippen LogP contribution < -0.4 is 4.74 Å². The average Bonchev–Trinajstić information content (AvgIpc) is 2.54. The standard InChI is InChI=1S/C18H11Br2NO/c19-16-8-12(10-21)9-17(20)18(16)22-11-14-6-3-5-13-4-1-2-7-15(13)14/h1-9H,11H2. The zero-order chi connectivity index (χ0) is 15.5. The predicted octanol–water partition coefficient (Wildman–Crippen LogP) is 5.82. The Hall–Kier alpha value is -1.83. The second-order valence-corrected chi connectivity index (χ2v) is 6.52. The highest BCUT2D eigenvalue weighted by Gasteiger charge is 2.10. The SMILES string of the molecule is N#Cc1cc(Br)c(OCc2cccc3ccccc23)c(Br)c1. The lowest BCUT2D eigenvalue weighted by Crippen LogP contribution is -1.98. The van der Waals surface area contributed by atoms with Gasteiger partial charge in [0.05, 0.1) is 20.6 Å². The molecule has 4 heteroatoms. The van der Waals surface area contributed by atoms with Crippen molar-refractivity contribution in [2.45, 2.75) is 6.61 Å². The maximum absolute atomic E-state index is 8.97. The highest BCUT2D eigenvalue weighted by molar-refractivity contribution is 9.11. The van der Waals surface area contributed by atoms with Crippen LogP contribution >= 0.6 is 31.9 Å². The van der Waals surface area contributed by atoms with Gasteiger partial charge in [0.2, 0.25) is 0 Å². The quantitative estimate of drug-likeness (QED) is 0.539. The Labute approximate surface area is 145 Å². The molecular weight excluding hydrogens is 406 g/mol. The molecule has 0 N–H and O–H groups in total. The zero-order valence-corrected chi connectivity index (χ0v) is 14.7. The Kier molecular flexibility index (Phi) is 4.47. The van der Waals surface area contributed by atoms with E-state index < -0.39 is 0 Å². The van der Waals surface area contributed by atoms with Gasteiger partial charge in [-0.2, -0.15) is 5.26 Å². The molecule has 108 valence electrons. The molecule has 0 bridgehead atoms.